The number of anilines is 3. The summed E-state index contributed by atoms with van der Waals surface area (Å²) in [6, 6.07) is 24.6. The Morgan fingerprint density at radius 2 is 1.48 bits per heavy atom. The molecule has 0 spiro atoms. The molecule has 0 aliphatic heterocycles. The van der Waals surface area contributed by atoms with Crippen molar-refractivity contribution in [3.05, 3.63) is 103 Å². The second-order valence-corrected chi connectivity index (χ2v) is 7.46. The zero-order chi connectivity index (χ0) is 21.6. The summed E-state index contributed by atoms with van der Waals surface area (Å²) in [5.74, 6) is 0. The van der Waals surface area contributed by atoms with Crippen molar-refractivity contribution in [3.63, 3.8) is 0 Å². The van der Waals surface area contributed by atoms with Gasteiger partial charge in [0.15, 0.2) is 0 Å². The molecule has 5 nitrogen and oxygen atoms in total. The standard InChI is InChI=1S/C26H26N4O/c1-19(30(23-10-6-14-27-17-23)24-11-7-15-28-18-24)25-12-3-4-13-26(25)21-8-5-9-22(16-21)29-20(2)31/h3-20,29,31H,1-2H3. The van der Waals surface area contributed by atoms with E-state index in [0.29, 0.717) is 0 Å². The molecule has 0 bridgehead atoms. The highest BCUT2D eigenvalue weighted by atomic mass is 16.3. The molecule has 0 amide bonds. The lowest BCUT2D eigenvalue weighted by Gasteiger charge is -2.32. The predicted molar refractivity (Wildman–Crippen MR) is 126 cm³/mol. The molecule has 4 rings (SSSR count). The highest BCUT2D eigenvalue weighted by molar-refractivity contribution is 5.74. The number of nitrogens with one attached hydrogen (secondary N) is 1. The van der Waals surface area contributed by atoms with Crippen LogP contribution in [0.2, 0.25) is 0 Å². The Bertz CT molecular complexity index is 1080. The lowest BCUT2D eigenvalue weighted by molar-refractivity contribution is 0.224. The molecule has 2 unspecified atom stereocenters. The second kappa shape index (κ2) is 9.41. The molecule has 0 fully saturated rings. The van der Waals surface area contributed by atoms with Gasteiger partial charge in [-0.1, -0.05) is 36.4 Å². The summed E-state index contributed by atoms with van der Waals surface area (Å²) >= 11 is 0. The molecule has 2 aromatic carbocycles. The largest absolute Gasteiger partial charge is 0.374 e. The molecule has 2 aromatic heterocycles. The van der Waals surface area contributed by atoms with Crippen LogP contribution in [0.1, 0.15) is 25.5 Å². The Morgan fingerprint density at radius 1 is 0.806 bits per heavy atom. The minimum absolute atomic E-state index is 0.0259. The number of rotatable bonds is 7. The molecule has 0 saturated heterocycles. The van der Waals surface area contributed by atoms with Gasteiger partial charge in [0.05, 0.1) is 29.8 Å². The van der Waals surface area contributed by atoms with Crippen molar-refractivity contribution < 1.29 is 5.11 Å². The number of aliphatic hydroxyl groups is 1. The number of nitrogens with zero attached hydrogens (tertiary/aromatic N) is 3. The number of aliphatic hydroxyl groups excluding tert-OH is 1. The lowest BCUT2D eigenvalue weighted by atomic mass is 9.94. The van der Waals surface area contributed by atoms with Crippen molar-refractivity contribution in [3.8, 4) is 11.1 Å². The third-order valence-electron chi connectivity index (χ3n) is 5.20. The number of aromatic nitrogens is 2. The lowest BCUT2D eigenvalue weighted by Crippen LogP contribution is -2.22. The maximum Gasteiger partial charge on any atom is 0.121 e. The molecule has 2 N–H and O–H groups in total. The van der Waals surface area contributed by atoms with Gasteiger partial charge in [0.1, 0.15) is 6.23 Å². The normalized spacial score (nSPS) is 12.7. The molecule has 0 aliphatic rings. The predicted octanol–water partition coefficient (Wildman–Crippen LogP) is 5.79. The van der Waals surface area contributed by atoms with Crippen molar-refractivity contribution in [1.29, 1.82) is 0 Å². The first-order chi connectivity index (χ1) is 15.1. The highest BCUT2D eigenvalue weighted by Gasteiger charge is 2.21. The van der Waals surface area contributed by atoms with Crippen LogP contribution >= 0.6 is 0 Å². The van der Waals surface area contributed by atoms with Gasteiger partial charge in [0, 0.05) is 18.1 Å². The van der Waals surface area contributed by atoms with Crippen LogP contribution in [0.15, 0.2) is 97.6 Å². The molecule has 0 aliphatic carbocycles. The number of pyridine rings is 2. The van der Waals surface area contributed by atoms with E-state index < -0.39 is 6.23 Å². The van der Waals surface area contributed by atoms with Crippen molar-refractivity contribution >= 4 is 17.1 Å². The van der Waals surface area contributed by atoms with Gasteiger partial charge in [-0.15, -0.1) is 0 Å². The van der Waals surface area contributed by atoms with Gasteiger partial charge in [-0.25, -0.2) is 0 Å². The van der Waals surface area contributed by atoms with Gasteiger partial charge < -0.3 is 15.3 Å². The van der Waals surface area contributed by atoms with E-state index in [-0.39, 0.29) is 6.04 Å². The van der Waals surface area contributed by atoms with Crippen LogP contribution in [0.25, 0.3) is 11.1 Å². The van der Waals surface area contributed by atoms with Gasteiger partial charge in [-0.2, -0.15) is 0 Å². The highest BCUT2D eigenvalue weighted by Crippen LogP contribution is 2.38. The molecule has 5 heteroatoms. The Kier molecular flexibility index (Phi) is 6.24. The van der Waals surface area contributed by atoms with Gasteiger partial charge >= 0.3 is 0 Å². The fourth-order valence-corrected chi connectivity index (χ4v) is 3.87. The average Bonchev–Trinajstić information content (AvgIpc) is 2.80. The van der Waals surface area contributed by atoms with Crippen LogP contribution in [0.3, 0.4) is 0 Å². The fraction of sp³-hybridized carbons (Fsp3) is 0.154. The van der Waals surface area contributed by atoms with E-state index in [1.54, 1.807) is 19.3 Å². The summed E-state index contributed by atoms with van der Waals surface area (Å²) < 4.78 is 0. The Balaban J connectivity index is 1.79. The topological polar surface area (TPSA) is 61.3 Å². The molecule has 156 valence electrons. The smallest absolute Gasteiger partial charge is 0.121 e. The SMILES string of the molecule is CC(O)Nc1cccc(-c2ccccc2C(C)N(c2cccnc2)c2cccnc2)c1. The summed E-state index contributed by atoms with van der Waals surface area (Å²) in [5.41, 5.74) is 6.30. The van der Waals surface area contributed by atoms with Crippen LogP contribution in [-0.4, -0.2) is 21.3 Å². The maximum atomic E-state index is 9.71. The average molecular weight is 411 g/mol. The van der Waals surface area contributed by atoms with Gasteiger partial charge in [-0.05, 0) is 66.9 Å². The molecule has 0 saturated carbocycles. The second-order valence-electron chi connectivity index (χ2n) is 7.46. The zero-order valence-corrected chi connectivity index (χ0v) is 17.7. The van der Waals surface area contributed by atoms with Gasteiger partial charge in [-0.3, -0.25) is 9.97 Å². The van der Waals surface area contributed by atoms with Crippen molar-refractivity contribution in [1.82, 2.24) is 9.97 Å². The van der Waals surface area contributed by atoms with Crippen molar-refractivity contribution in [2.45, 2.75) is 26.1 Å². The molecule has 2 heterocycles. The van der Waals surface area contributed by atoms with E-state index >= 15 is 0 Å². The summed E-state index contributed by atoms with van der Waals surface area (Å²) in [5, 5.41) is 12.8. The molecule has 2 atom stereocenters. The van der Waals surface area contributed by atoms with E-state index in [4.69, 9.17) is 0 Å². The summed E-state index contributed by atoms with van der Waals surface area (Å²) in [7, 11) is 0. The van der Waals surface area contributed by atoms with Crippen molar-refractivity contribution in [2.75, 3.05) is 10.2 Å². The summed E-state index contributed by atoms with van der Waals surface area (Å²) in [6.07, 6.45) is 6.70. The Labute approximate surface area is 183 Å². The minimum Gasteiger partial charge on any atom is -0.374 e. The van der Waals surface area contributed by atoms with Crippen LogP contribution in [0.4, 0.5) is 17.1 Å². The van der Waals surface area contributed by atoms with Crippen LogP contribution in [0, 0.1) is 0 Å². The van der Waals surface area contributed by atoms with E-state index in [0.717, 1.165) is 28.2 Å². The molecule has 31 heavy (non-hydrogen) atoms. The number of benzene rings is 2. The van der Waals surface area contributed by atoms with Crippen LogP contribution in [-0.2, 0) is 0 Å². The van der Waals surface area contributed by atoms with E-state index in [9.17, 15) is 5.11 Å². The fourth-order valence-electron chi connectivity index (χ4n) is 3.87. The molecular weight excluding hydrogens is 384 g/mol. The number of hydrogen-bond donors (Lipinski definition) is 2. The van der Waals surface area contributed by atoms with E-state index in [1.165, 1.54) is 5.56 Å². The Hall–Kier alpha value is -3.70. The quantitative estimate of drug-likeness (QED) is 0.378. The van der Waals surface area contributed by atoms with Crippen LogP contribution < -0.4 is 10.2 Å². The summed E-state index contributed by atoms with van der Waals surface area (Å²) in [4.78, 5) is 10.9. The molecule has 4 aromatic rings. The molecule has 0 radical (unpaired) electrons. The molecular formula is C26H26N4O. The van der Waals surface area contributed by atoms with Crippen LogP contribution in [0.5, 0.6) is 0 Å². The first-order valence-corrected chi connectivity index (χ1v) is 10.4. The number of hydrogen-bond acceptors (Lipinski definition) is 5. The maximum absolute atomic E-state index is 9.71. The zero-order valence-electron chi connectivity index (χ0n) is 17.7. The third kappa shape index (κ3) is 4.73. The minimum atomic E-state index is -0.615. The van der Waals surface area contributed by atoms with Crippen molar-refractivity contribution in [2.24, 2.45) is 0 Å². The van der Waals surface area contributed by atoms with E-state index in [1.807, 2.05) is 36.7 Å². The van der Waals surface area contributed by atoms with Gasteiger partial charge in [0.2, 0.25) is 0 Å². The van der Waals surface area contributed by atoms with E-state index in [2.05, 4.69) is 75.6 Å². The van der Waals surface area contributed by atoms with Gasteiger partial charge in [0.25, 0.3) is 0 Å². The monoisotopic (exact) mass is 410 g/mol. The third-order valence-corrected chi connectivity index (χ3v) is 5.20. The first kappa shape index (κ1) is 20.6. The summed E-state index contributed by atoms with van der Waals surface area (Å²) in [6.45, 7) is 3.90. The Morgan fingerprint density at radius 3 is 2.10 bits per heavy atom. The first-order valence-electron chi connectivity index (χ1n) is 10.4.